The molecule has 13 heavy (non-hydrogen) atoms. The van der Waals surface area contributed by atoms with Gasteiger partial charge < -0.3 is 4.74 Å². The summed E-state index contributed by atoms with van der Waals surface area (Å²) in [5.74, 6) is 1.60. The van der Waals surface area contributed by atoms with Crippen molar-refractivity contribution in [2.24, 2.45) is 5.92 Å². The van der Waals surface area contributed by atoms with Gasteiger partial charge in [-0.05, 0) is 36.1 Å². The molecule has 1 nitrogen and oxygen atoms in total. The summed E-state index contributed by atoms with van der Waals surface area (Å²) in [7, 11) is 1.70. The van der Waals surface area contributed by atoms with Crippen LogP contribution in [0.1, 0.15) is 19.4 Å². The van der Waals surface area contributed by atoms with Crippen LogP contribution in [0.15, 0.2) is 22.7 Å². The summed E-state index contributed by atoms with van der Waals surface area (Å²) in [6.45, 7) is 4.43. The third-order valence-corrected chi connectivity index (χ3v) is 2.65. The summed E-state index contributed by atoms with van der Waals surface area (Å²) in [4.78, 5) is 0. The van der Waals surface area contributed by atoms with Crippen molar-refractivity contribution in [3.8, 4) is 5.75 Å². The van der Waals surface area contributed by atoms with E-state index in [-0.39, 0.29) is 0 Å². The van der Waals surface area contributed by atoms with Crippen molar-refractivity contribution >= 4 is 15.9 Å². The second kappa shape index (κ2) is 4.66. The van der Waals surface area contributed by atoms with Gasteiger partial charge in [0, 0.05) is 4.47 Å². The maximum atomic E-state index is 5.17. The van der Waals surface area contributed by atoms with Crippen LogP contribution >= 0.6 is 15.9 Å². The molecule has 0 spiro atoms. The van der Waals surface area contributed by atoms with Crippen LogP contribution in [0.5, 0.6) is 5.75 Å². The first-order chi connectivity index (χ1) is 6.13. The Hall–Kier alpha value is -0.500. The van der Waals surface area contributed by atoms with E-state index >= 15 is 0 Å². The lowest BCUT2D eigenvalue weighted by Crippen LogP contribution is -1.95. The van der Waals surface area contributed by atoms with Crippen LogP contribution < -0.4 is 4.74 Å². The molecule has 72 valence electrons. The van der Waals surface area contributed by atoms with Crippen LogP contribution in [0, 0.1) is 5.92 Å². The van der Waals surface area contributed by atoms with E-state index in [0.717, 1.165) is 12.2 Å². The largest absolute Gasteiger partial charge is 0.497 e. The van der Waals surface area contributed by atoms with Gasteiger partial charge in [0.2, 0.25) is 0 Å². The number of benzene rings is 1. The quantitative estimate of drug-likeness (QED) is 0.787. The second-order valence-electron chi connectivity index (χ2n) is 3.56. The van der Waals surface area contributed by atoms with Crippen LogP contribution in [0.4, 0.5) is 0 Å². The number of rotatable bonds is 3. The van der Waals surface area contributed by atoms with Gasteiger partial charge in [0.15, 0.2) is 0 Å². The zero-order valence-electron chi connectivity index (χ0n) is 8.30. The molecule has 0 radical (unpaired) electrons. The van der Waals surface area contributed by atoms with Gasteiger partial charge >= 0.3 is 0 Å². The van der Waals surface area contributed by atoms with Crippen molar-refractivity contribution in [3.05, 3.63) is 28.2 Å². The van der Waals surface area contributed by atoms with Crippen molar-refractivity contribution in [2.75, 3.05) is 7.11 Å². The third kappa shape index (κ3) is 3.03. The van der Waals surface area contributed by atoms with Gasteiger partial charge in [0.1, 0.15) is 5.75 Å². The molecule has 0 unspecified atom stereocenters. The monoisotopic (exact) mass is 242 g/mol. The zero-order chi connectivity index (χ0) is 9.84. The van der Waals surface area contributed by atoms with Gasteiger partial charge in [-0.1, -0.05) is 29.8 Å². The minimum atomic E-state index is 0.670. The predicted molar refractivity (Wildman–Crippen MR) is 59.2 cm³/mol. The fraction of sp³-hybridized carbons (Fsp3) is 0.455. The van der Waals surface area contributed by atoms with E-state index in [9.17, 15) is 0 Å². The van der Waals surface area contributed by atoms with E-state index < -0.39 is 0 Å². The molecule has 0 bridgehead atoms. The molecule has 0 aliphatic rings. The second-order valence-corrected chi connectivity index (χ2v) is 4.41. The first-order valence-electron chi connectivity index (χ1n) is 4.46. The first-order valence-corrected chi connectivity index (χ1v) is 5.25. The lowest BCUT2D eigenvalue weighted by Gasteiger charge is -2.09. The number of ether oxygens (including phenoxy) is 1. The van der Waals surface area contributed by atoms with Gasteiger partial charge in [-0.3, -0.25) is 0 Å². The lowest BCUT2D eigenvalue weighted by molar-refractivity contribution is 0.414. The van der Waals surface area contributed by atoms with Gasteiger partial charge in [0.25, 0.3) is 0 Å². The zero-order valence-corrected chi connectivity index (χ0v) is 9.89. The fourth-order valence-corrected chi connectivity index (χ4v) is 1.68. The van der Waals surface area contributed by atoms with E-state index in [1.165, 1.54) is 10.0 Å². The van der Waals surface area contributed by atoms with Crippen LogP contribution in [-0.2, 0) is 6.42 Å². The molecule has 0 amide bonds. The molecule has 0 aliphatic heterocycles. The number of hydrogen-bond donors (Lipinski definition) is 0. The number of halogens is 1. The lowest BCUT2D eigenvalue weighted by atomic mass is 10.0. The molecule has 1 aromatic carbocycles. The van der Waals surface area contributed by atoms with Crippen molar-refractivity contribution in [1.29, 1.82) is 0 Å². The van der Waals surface area contributed by atoms with Crippen LogP contribution in [-0.4, -0.2) is 7.11 Å². The Balaban J connectivity index is 2.90. The summed E-state index contributed by atoms with van der Waals surface area (Å²) < 4.78 is 6.34. The Kier molecular flexibility index (Phi) is 3.79. The molecule has 0 heterocycles. The summed E-state index contributed by atoms with van der Waals surface area (Å²) >= 11 is 3.53. The molecule has 1 aromatic rings. The van der Waals surface area contributed by atoms with Crippen molar-refractivity contribution in [3.63, 3.8) is 0 Å². The van der Waals surface area contributed by atoms with Crippen molar-refractivity contribution in [2.45, 2.75) is 20.3 Å². The fourth-order valence-electron chi connectivity index (χ4n) is 1.27. The Labute approximate surface area is 88.2 Å². The molecule has 0 aromatic heterocycles. The maximum absolute atomic E-state index is 5.17. The van der Waals surface area contributed by atoms with Crippen LogP contribution in [0.2, 0.25) is 0 Å². The number of methoxy groups -OCH3 is 1. The molecular formula is C11H15BrO. The molecule has 1 rings (SSSR count). The Bertz CT molecular complexity index is 281. The van der Waals surface area contributed by atoms with Gasteiger partial charge in [-0.15, -0.1) is 0 Å². The highest BCUT2D eigenvalue weighted by molar-refractivity contribution is 9.10. The maximum Gasteiger partial charge on any atom is 0.119 e. The summed E-state index contributed by atoms with van der Waals surface area (Å²) in [5.41, 5.74) is 1.31. The van der Waals surface area contributed by atoms with E-state index in [1.807, 2.05) is 12.1 Å². The molecule has 0 saturated heterocycles. The Morgan fingerprint density at radius 1 is 1.38 bits per heavy atom. The minimum Gasteiger partial charge on any atom is -0.497 e. The van der Waals surface area contributed by atoms with E-state index in [4.69, 9.17) is 4.74 Å². The molecule has 0 atom stereocenters. The normalized spacial score (nSPS) is 10.5. The summed E-state index contributed by atoms with van der Waals surface area (Å²) in [6, 6.07) is 6.09. The molecule has 0 fully saturated rings. The highest BCUT2D eigenvalue weighted by Gasteiger charge is 2.03. The topological polar surface area (TPSA) is 9.23 Å². The molecule has 0 aliphatic carbocycles. The number of hydrogen-bond acceptors (Lipinski definition) is 1. The van der Waals surface area contributed by atoms with Gasteiger partial charge in [0.05, 0.1) is 7.11 Å². The minimum absolute atomic E-state index is 0.670. The molecular weight excluding hydrogens is 228 g/mol. The van der Waals surface area contributed by atoms with Crippen LogP contribution in [0.25, 0.3) is 0 Å². The molecule has 0 saturated carbocycles. The standard InChI is InChI=1S/C11H15BrO/c1-8(2)6-9-7-10(13-3)4-5-11(9)12/h4-5,7-8H,6H2,1-3H3. The van der Waals surface area contributed by atoms with Crippen LogP contribution in [0.3, 0.4) is 0 Å². The Morgan fingerprint density at radius 3 is 2.62 bits per heavy atom. The predicted octanol–water partition coefficient (Wildman–Crippen LogP) is 3.66. The van der Waals surface area contributed by atoms with E-state index in [2.05, 4.69) is 35.8 Å². The highest BCUT2D eigenvalue weighted by Crippen LogP contribution is 2.24. The Morgan fingerprint density at radius 2 is 2.08 bits per heavy atom. The van der Waals surface area contributed by atoms with E-state index in [1.54, 1.807) is 7.11 Å². The van der Waals surface area contributed by atoms with Gasteiger partial charge in [-0.2, -0.15) is 0 Å². The SMILES string of the molecule is COc1ccc(Br)c(CC(C)C)c1. The average Bonchev–Trinajstić information content (AvgIpc) is 2.08. The summed E-state index contributed by atoms with van der Waals surface area (Å²) in [5, 5.41) is 0. The van der Waals surface area contributed by atoms with Crippen molar-refractivity contribution in [1.82, 2.24) is 0 Å². The van der Waals surface area contributed by atoms with E-state index in [0.29, 0.717) is 5.92 Å². The van der Waals surface area contributed by atoms with Gasteiger partial charge in [-0.25, -0.2) is 0 Å². The smallest absolute Gasteiger partial charge is 0.119 e. The van der Waals surface area contributed by atoms with Crippen molar-refractivity contribution < 1.29 is 4.74 Å². The molecule has 0 N–H and O–H groups in total. The summed E-state index contributed by atoms with van der Waals surface area (Å²) in [6.07, 6.45) is 1.08. The average molecular weight is 243 g/mol. The first kappa shape index (κ1) is 10.6. The molecule has 2 heteroatoms. The highest BCUT2D eigenvalue weighted by atomic mass is 79.9. The third-order valence-electron chi connectivity index (χ3n) is 1.88.